The summed E-state index contributed by atoms with van der Waals surface area (Å²) in [5.74, 6) is 0.107. The van der Waals surface area contributed by atoms with Gasteiger partial charge in [-0.25, -0.2) is 18.4 Å². The van der Waals surface area contributed by atoms with E-state index >= 15 is 0 Å². The first-order chi connectivity index (χ1) is 8.49. The lowest BCUT2D eigenvalue weighted by atomic mass is 10.4. The lowest BCUT2D eigenvalue weighted by Gasteiger charge is -2.08. The first-order valence-electron chi connectivity index (χ1n) is 4.74. The molecule has 2 aromatic rings. The average molecular weight is 349 g/mol. The molecule has 18 heavy (non-hydrogen) atoms. The van der Waals surface area contributed by atoms with Crippen LogP contribution in [0, 0.1) is 0 Å². The van der Waals surface area contributed by atoms with Crippen LogP contribution in [0.25, 0.3) is 0 Å². The summed E-state index contributed by atoms with van der Waals surface area (Å²) in [6.45, 7) is 0. The number of sulfonamides is 1. The van der Waals surface area contributed by atoms with E-state index in [1.54, 1.807) is 18.2 Å². The third kappa shape index (κ3) is 2.98. The molecule has 1 N–H and O–H groups in total. The van der Waals surface area contributed by atoms with E-state index in [0.717, 1.165) is 0 Å². The van der Waals surface area contributed by atoms with Crippen LogP contribution in [-0.2, 0) is 10.0 Å². The Kier molecular flexibility index (Phi) is 3.84. The Morgan fingerprint density at radius 3 is 2.50 bits per heavy atom. The van der Waals surface area contributed by atoms with Gasteiger partial charge in [0.1, 0.15) is 10.0 Å². The number of nitrogens with zero attached hydrogens (tertiary/aromatic N) is 2. The van der Waals surface area contributed by atoms with Crippen LogP contribution in [-0.4, -0.2) is 18.4 Å². The van der Waals surface area contributed by atoms with E-state index in [1.807, 2.05) is 0 Å². The minimum absolute atomic E-state index is 0.107. The third-order valence-electron chi connectivity index (χ3n) is 1.99. The Balaban J connectivity index is 2.33. The average Bonchev–Trinajstić information content (AvgIpc) is 2.32. The number of hydrogen-bond acceptors (Lipinski definition) is 4. The monoisotopic (exact) mass is 347 g/mol. The molecular formula is C10H7BrClN3O2S. The van der Waals surface area contributed by atoms with Gasteiger partial charge in [-0.3, -0.25) is 4.72 Å². The maximum absolute atomic E-state index is 12.1. The number of halogens is 2. The summed E-state index contributed by atoms with van der Waals surface area (Å²) >= 11 is 8.75. The summed E-state index contributed by atoms with van der Waals surface area (Å²) in [5, 5.41) is 0.193. The molecule has 5 nitrogen and oxygen atoms in total. The first kappa shape index (κ1) is 13.3. The molecule has 0 radical (unpaired) electrons. The van der Waals surface area contributed by atoms with Crippen LogP contribution in [0.3, 0.4) is 0 Å². The van der Waals surface area contributed by atoms with Crippen LogP contribution < -0.4 is 4.72 Å². The molecule has 0 aliphatic heterocycles. The molecule has 0 atom stereocenters. The first-order valence-corrected chi connectivity index (χ1v) is 7.39. The van der Waals surface area contributed by atoms with Crippen LogP contribution in [0.4, 0.5) is 5.82 Å². The summed E-state index contributed by atoms with van der Waals surface area (Å²) in [6, 6.07) is 6.48. The molecule has 0 amide bonds. The second-order valence-electron chi connectivity index (χ2n) is 3.26. The second-order valence-corrected chi connectivity index (χ2v) is 6.15. The molecule has 0 bridgehead atoms. The molecule has 8 heteroatoms. The van der Waals surface area contributed by atoms with Crippen molar-refractivity contribution >= 4 is 43.4 Å². The Morgan fingerprint density at radius 2 is 1.89 bits per heavy atom. The fourth-order valence-electron chi connectivity index (χ4n) is 1.22. The molecule has 0 unspecified atom stereocenters. The Labute approximate surface area is 117 Å². The van der Waals surface area contributed by atoms with Crippen molar-refractivity contribution in [2.75, 3.05) is 4.72 Å². The van der Waals surface area contributed by atoms with E-state index in [4.69, 9.17) is 11.6 Å². The Morgan fingerprint density at radius 1 is 1.17 bits per heavy atom. The molecule has 2 rings (SSSR count). The van der Waals surface area contributed by atoms with Gasteiger partial charge >= 0.3 is 0 Å². The van der Waals surface area contributed by atoms with Crippen molar-refractivity contribution in [1.82, 2.24) is 9.97 Å². The molecule has 1 heterocycles. The van der Waals surface area contributed by atoms with E-state index < -0.39 is 10.0 Å². The fraction of sp³-hybridized carbons (Fsp3) is 0. The largest absolute Gasteiger partial charge is 0.264 e. The SMILES string of the molecule is O=S(=O)(Nc1cnc(Cl)cn1)c1ccccc1Br. The summed E-state index contributed by atoms with van der Waals surface area (Å²) in [5.41, 5.74) is 0. The molecule has 1 aromatic heterocycles. The third-order valence-corrected chi connectivity index (χ3v) is 4.55. The van der Waals surface area contributed by atoms with Gasteiger partial charge in [-0.1, -0.05) is 23.7 Å². The van der Waals surface area contributed by atoms with Crippen molar-refractivity contribution in [3.8, 4) is 0 Å². The lowest BCUT2D eigenvalue weighted by Crippen LogP contribution is -2.14. The highest BCUT2D eigenvalue weighted by Crippen LogP contribution is 2.22. The predicted molar refractivity (Wildman–Crippen MR) is 72.0 cm³/mol. The van der Waals surface area contributed by atoms with Crippen LogP contribution in [0.5, 0.6) is 0 Å². The number of hydrogen-bond donors (Lipinski definition) is 1. The van der Waals surface area contributed by atoms with Crippen molar-refractivity contribution in [2.24, 2.45) is 0 Å². The second kappa shape index (κ2) is 5.21. The minimum atomic E-state index is -3.70. The van der Waals surface area contributed by atoms with E-state index in [-0.39, 0.29) is 15.9 Å². The summed E-state index contributed by atoms with van der Waals surface area (Å²) < 4.78 is 26.9. The van der Waals surface area contributed by atoms with Crippen molar-refractivity contribution in [3.05, 3.63) is 46.3 Å². The number of anilines is 1. The lowest BCUT2D eigenvalue weighted by molar-refractivity contribution is 0.600. The molecule has 0 aliphatic carbocycles. The number of rotatable bonds is 3. The standard InChI is InChI=1S/C10H7BrClN3O2S/c11-7-3-1-2-4-8(7)18(16,17)15-10-6-13-9(12)5-14-10/h1-6H,(H,14,15). The molecule has 0 aliphatic rings. The molecule has 0 saturated heterocycles. The smallest absolute Gasteiger partial charge is 0.262 e. The predicted octanol–water partition coefficient (Wildman–Crippen LogP) is 2.69. The van der Waals surface area contributed by atoms with Gasteiger partial charge in [0.05, 0.1) is 12.4 Å². The number of benzene rings is 1. The highest BCUT2D eigenvalue weighted by molar-refractivity contribution is 9.10. The van der Waals surface area contributed by atoms with Crippen molar-refractivity contribution < 1.29 is 8.42 Å². The molecule has 0 spiro atoms. The fourth-order valence-corrected chi connectivity index (χ4v) is 3.32. The topological polar surface area (TPSA) is 72.0 Å². The van der Waals surface area contributed by atoms with E-state index in [2.05, 4.69) is 30.6 Å². The van der Waals surface area contributed by atoms with Crippen molar-refractivity contribution in [1.29, 1.82) is 0 Å². The quantitative estimate of drug-likeness (QED) is 0.925. The normalized spacial score (nSPS) is 11.2. The highest BCUT2D eigenvalue weighted by atomic mass is 79.9. The van der Waals surface area contributed by atoms with Crippen LogP contribution in [0.15, 0.2) is 46.0 Å². The molecular weight excluding hydrogens is 342 g/mol. The zero-order valence-electron chi connectivity index (χ0n) is 8.84. The minimum Gasteiger partial charge on any atom is -0.262 e. The zero-order valence-corrected chi connectivity index (χ0v) is 12.0. The number of aromatic nitrogens is 2. The van der Waals surface area contributed by atoms with Crippen LogP contribution in [0.2, 0.25) is 5.15 Å². The van der Waals surface area contributed by atoms with E-state index in [1.165, 1.54) is 18.5 Å². The molecule has 1 aromatic carbocycles. The van der Waals surface area contributed by atoms with Crippen LogP contribution >= 0.6 is 27.5 Å². The Hall–Kier alpha value is -1.18. The number of nitrogens with one attached hydrogen (secondary N) is 1. The Bertz CT molecular complexity index is 661. The van der Waals surface area contributed by atoms with Gasteiger partial charge in [0.2, 0.25) is 0 Å². The van der Waals surface area contributed by atoms with Gasteiger partial charge in [-0.2, -0.15) is 0 Å². The van der Waals surface area contributed by atoms with Gasteiger partial charge in [0.15, 0.2) is 5.82 Å². The highest BCUT2D eigenvalue weighted by Gasteiger charge is 2.17. The van der Waals surface area contributed by atoms with Gasteiger partial charge in [0, 0.05) is 4.47 Å². The molecule has 0 saturated carbocycles. The zero-order chi connectivity index (χ0) is 13.2. The van der Waals surface area contributed by atoms with Crippen molar-refractivity contribution in [3.63, 3.8) is 0 Å². The van der Waals surface area contributed by atoms with Gasteiger partial charge in [-0.15, -0.1) is 0 Å². The van der Waals surface area contributed by atoms with E-state index in [0.29, 0.717) is 4.47 Å². The molecule has 94 valence electrons. The summed E-state index contributed by atoms with van der Waals surface area (Å²) in [4.78, 5) is 7.69. The van der Waals surface area contributed by atoms with Gasteiger partial charge in [0.25, 0.3) is 10.0 Å². The van der Waals surface area contributed by atoms with Crippen molar-refractivity contribution in [2.45, 2.75) is 4.90 Å². The molecule has 0 fully saturated rings. The summed E-state index contributed by atoms with van der Waals surface area (Å²) in [6.07, 6.45) is 2.51. The maximum Gasteiger partial charge on any atom is 0.264 e. The van der Waals surface area contributed by atoms with Crippen LogP contribution in [0.1, 0.15) is 0 Å². The maximum atomic E-state index is 12.1. The van der Waals surface area contributed by atoms with E-state index in [9.17, 15) is 8.42 Å². The van der Waals surface area contributed by atoms with Gasteiger partial charge < -0.3 is 0 Å². The van der Waals surface area contributed by atoms with Gasteiger partial charge in [-0.05, 0) is 28.1 Å². The summed E-state index contributed by atoms with van der Waals surface area (Å²) in [7, 11) is -3.70.